The Bertz CT molecular complexity index is 1000. The van der Waals surface area contributed by atoms with Crippen molar-refractivity contribution in [3.05, 3.63) is 39.5 Å². The van der Waals surface area contributed by atoms with E-state index in [0.29, 0.717) is 0 Å². The van der Waals surface area contributed by atoms with Gasteiger partial charge in [0.25, 0.3) is 0 Å². The number of benzene rings is 1. The van der Waals surface area contributed by atoms with Gasteiger partial charge in [-0.3, -0.25) is 0 Å². The Morgan fingerprint density at radius 1 is 0.821 bits per heavy atom. The van der Waals surface area contributed by atoms with E-state index in [1.54, 1.807) is 0 Å². The number of hydrogen-bond donors (Lipinski definition) is 0. The van der Waals surface area contributed by atoms with Gasteiger partial charge >= 0.3 is 242 Å². The number of rotatable bonds is 13. The summed E-state index contributed by atoms with van der Waals surface area (Å²) in [5.41, 5.74) is 1.18. The first-order chi connectivity index (χ1) is 18.5. The number of unbranched alkanes of at least 4 members (excludes halogenated alkanes) is 3. The van der Waals surface area contributed by atoms with E-state index in [1.807, 2.05) is 13.0 Å². The first-order valence-electron chi connectivity index (χ1n) is 13.3. The van der Waals surface area contributed by atoms with Gasteiger partial charge in [0.15, 0.2) is 0 Å². The maximum absolute atomic E-state index is 12.2. The molecule has 1 heterocycles. The molecule has 0 amide bonds. The van der Waals surface area contributed by atoms with Gasteiger partial charge in [0.2, 0.25) is 0 Å². The summed E-state index contributed by atoms with van der Waals surface area (Å²) in [7, 11) is 0. The van der Waals surface area contributed by atoms with Crippen LogP contribution in [-0.4, -0.2) is 81.9 Å². The molecule has 0 spiro atoms. The van der Waals surface area contributed by atoms with Gasteiger partial charge in [-0.15, -0.1) is 0 Å². The van der Waals surface area contributed by atoms with Crippen LogP contribution in [0.5, 0.6) is 0 Å². The molecule has 216 valence electrons. The van der Waals surface area contributed by atoms with Crippen molar-refractivity contribution < 1.29 is 42.9 Å². The van der Waals surface area contributed by atoms with Gasteiger partial charge in [0, 0.05) is 0 Å². The van der Waals surface area contributed by atoms with Gasteiger partial charge in [-0.25, -0.2) is 0 Å². The van der Waals surface area contributed by atoms with E-state index < -0.39 is 75.3 Å². The molecule has 0 aromatic heterocycles. The molecule has 1 saturated heterocycles. The van der Waals surface area contributed by atoms with Gasteiger partial charge in [-0.2, -0.15) is 0 Å². The zero-order valence-corrected chi connectivity index (χ0v) is 25.9. The molecule has 0 radical (unpaired) electrons. The van der Waals surface area contributed by atoms with Gasteiger partial charge in [-0.1, -0.05) is 0 Å². The summed E-state index contributed by atoms with van der Waals surface area (Å²) < 4.78 is 30.7. The van der Waals surface area contributed by atoms with Crippen LogP contribution in [-0.2, 0) is 42.9 Å². The summed E-state index contributed by atoms with van der Waals surface area (Å²) in [6.07, 6.45) is 2.01. The van der Waals surface area contributed by atoms with Gasteiger partial charge in [-0.05, 0) is 0 Å². The topological polar surface area (TPSA) is 114 Å². The number of aryl methyl sites for hydroxylation is 1. The van der Waals surface area contributed by atoms with E-state index >= 15 is 0 Å². The predicted octanol–water partition coefficient (Wildman–Crippen LogP) is 3.30. The minimum atomic E-state index is -1.16. The van der Waals surface area contributed by atoms with Crippen molar-refractivity contribution in [2.75, 3.05) is 6.61 Å². The third kappa shape index (κ3) is 11.7. The van der Waals surface area contributed by atoms with Crippen molar-refractivity contribution in [1.82, 2.24) is 0 Å². The van der Waals surface area contributed by atoms with Crippen LogP contribution in [0.2, 0.25) is 0 Å². The first kappa shape index (κ1) is 32.8. The number of carbonyl (C=O) groups is 4. The molecule has 39 heavy (non-hydrogen) atoms. The molecule has 0 N–H and O–H groups in total. The molecule has 1 aromatic carbocycles. The summed E-state index contributed by atoms with van der Waals surface area (Å²) in [4.78, 5) is 47.8. The van der Waals surface area contributed by atoms with Crippen molar-refractivity contribution in [2.24, 2.45) is 0 Å². The van der Waals surface area contributed by atoms with Gasteiger partial charge in [0.1, 0.15) is 0 Å². The average molecular weight is 660 g/mol. The van der Waals surface area contributed by atoms with Crippen LogP contribution in [0.3, 0.4) is 0 Å². The van der Waals surface area contributed by atoms with Crippen LogP contribution in [0.4, 0.5) is 0 Å². The molecular formula is C29H40O9Te. The molecule has 0 unspecified atom stereocenters. The molecule has 5 atom stereocenters. The molecule has 9 nitrogen and oxygen atoms in total. The Morgan fingerprint density at radius 3 is 1.97 bits per heavy atom. The Labute approximate surface area is 241 Å². The molecule has 1 fully saturated rings. The fourth-order valence-corrected chi connectivity index (χ4v) is 7.15. The second kappa shape index (κ2) is 16.6. The molecule has 10 heteroatoms. The summed E-state index contributed by atoms with van der Waals surface area (Å²) in [6, 6.07) is 8.43. The van der Waals surface area contributed by atoms with Crippen molar-refractivity contribution in [2.45, 2.75) is 104 Å². The van der Waals surface area contributed by atoms with Crippen LogP contribution < -0.4 is 3.61 Å². The number of esters is 4. The Morgan fingerprint density at radius 2 is 1.41 bits per heavy atom. The average Bonchev–Trinajstić information content (AvgIpc) is 2.84. The summed E-state index contributed by atoms with van der Waals surface area (Å²) in [5.74, 6) is -2.43. The fourth-order valence-electron chi connectivity index (χ4n) is 4.23. The first-order valence-corrected chi connectivity index (χ1v) is 15.6. The molecule has 1 aliphatic heterocycles. The number of ether oxygens (including phenoxy) is 5. The predicted molar refractivity (Wildman–Crippen MR) is 145 cm³/mol. The quantitative estimate of drug-likeness (QED) is 0.136. The molecule has 2 rings (SSSR count). The second-order valence-electron chi connectivity index (χ2n) is 9.52. The minimum absolute atomic E-state index is 0.233. The van der Waals surface area contributed by atoms with E-state index in [-0.39, 0.29) is 6.61 Å². The van der Waals surface area contributed by atoms with Crippen LogP contribution in [0.15, 0.2) is 34.0 Å². The normalized spacial score (nSPS) is 23.0. The summed E-state index contributed by atoms with van der Waals surface area (Å²) in [6.45, 7) is 8.92. The molecular weight excluding hydrogens is 620 g/mol. The molecule has 1 aliphatic rings. The van der Waals surface area contributed by atoms with Crippen molar-refractivity contribution in [1.29, 1.82) is 0 Å². The van der Waals surface area contributed by atoms with Crippen LogP contribution in [0.25, 0.3) is 0 Å². The second-order valence-corrected chi connectivity index (χ2v) is 12.9. The van der Waals surface area contributed by atoms with Crippen molar-refractivity contribution in [3.8, 4) is 0 Å². The zero-order chi connectivity index (χ0) is 28.9. The Kier molecular flexibility index (Phi) is 14.0. The van der Waals surface area contributed by atoms with E-state index in [4.69, 9.17) is 23.7 Å². The number of carbonyl (C=O) groups excluding carboxylic acids is 4. The fraction of sp³-hybridized carbons (Fsp3) is 0.586. The van der Waals surface area contributed by atoms with Crippen molar-refractivity contribution in [3.63, 3.8) is 0 Å². The van der Waals surface area contributed by atoms with Gasteiger partial charge in [0.05, 0.1) is 0 Å². The summed E-state index contributed by atoms with van der Waals surface area (Å²) >= 11 is -0.793. The standard InChI is InChI=1S/C29H40O9Te/c1-7-8-9-10-11-24(39-23-14-12-18(2)13-15-23)16-25-27(35-20(4)31)29(37-22(6)33)28(36-21(5)32)26(38-25)17-34-19(3)30/h12-16,25-29H,7-11,17H2,1-6H3/b24-16-/t25-,26-,27+,28-,29-/m1/s1. The SMILES string of the molecule is CCCCCC/C(=C/[C@H]1O[C@H](COC(C)=O)[C@@H](OC(C)=O)[C@H](OC(C)=O)[C@H]1OC(C)=O)[Te]c1ccc(C)cc1. The molecule has 0 saturated carbocycles. The molecule has 0 aliphatic carbocycles. The molecule has 0 bridgehead atoms. The van der Waals surface area contributed by atoms with E-state index in [9.17, 15) is 19.2 Å². The zero-order valence-electron chi connectivity index (χ0n) is 23.6. The number of allylic oxidation sites excluding steroid dienone is 1. The van der Waals surface area contributed by atoms with Crippen LogP contribution in [0, 0.1) is 6.92 Å². The maximum atomic E-state index is 12.2. The Hall–Kier alpha value is -2.41. The third-order valence-corrected chi connectivity index (χ3v) is 9.09. The van der Waals surface area contributed by atoms with Gasteiger partial charge < -0.3 is 0 Å². The van der Waals surface area contributed by atoms with E-state index in [2.05, 4.69) is 31.2 Å². The summed E-state index contributed by atoms with van der Waals surface area (Å²) in [5, 5.41) is 0. The van der Waals surface area contributed by atoms with Crippen LogP contribution >= 0.6 is 0 Å². The molecule has 1 aromatic rings. The van der Waals surface area contributed by atoms with Crippen molar-refractivity contribution >= 4 is 48.4 Å². The third-order valence-electron chi connectivity index (χ3n) is 5.92. The van der Waals surface area contributed by atoms with E-state index in [1.165, 1.54) is 40.5 Å². The Balaban J connectivity index is 2.52. The van der Waals surface area contributed by atoms with Crippen LogP contribution in [0.1, 0.15) is 72.3 Å². The monoisotopic (exact) mass is 662 g/mol. The van der Waals surface area contributed by atoms with E-state index in [0.717, 1.165) is 32.1 Å². The number of hydrogen-bond acceptors (Lipinski definition) is 9.